The molecule has 216 valence electrons. The van der Waals surface area contributed by atoms with Crippen LogP contribution >= 0.6 is 7.60 Å². The molecule has 0 aromatic rings. The van der Waals surface area contributed by atoms with Crippen molar-refractivity contribution in [1.29, 1.82) is 0 Å². The average molecular weight is 531 g/mol. The fourth-order valence-electron chi connectivity index (χ4n) is 5.03. The molecule has 0 aliphatic rings. The van der Waals surface area contributed by atoms with E-state index in [0.717, 1.165) is 19.3 Å². The summed E-state index contributed by atoms with van der Waals surface area (Å²) in [6.07, 6.45) is 33.7. The Hall–Kier alpha value is -0.310. The lowest BCUT2D eigenvalue weighted by Gasteiger charge is -2.35. The highest BCUT2D eigenvalue weighted by Crippen LogP contribution is 2.52. The maximum atomic E-state index is 12.6. The minimum atomic E-state index is -3.65. The second-order valence-corrected chi connectivity index (χ2v) is 13.9. The summed E-state index contributed by atoms with van der Waals surface area (Å²) in [5.41, 5.74) is 0. The summed E-state index contributed by atoms with van der Waals surface area (Å²) in [6.45, 7) is 4.33. The van der Waals surface area contributed by atoms with E-state index in [0.29, 0.717) is 10.9 Å². The Morgan fingerprint density at radius 2 is 1.00 bits per heavy atom. The van der Waals surface area contributed by atoms with Crippen LogP contribution in [0.1, 0.15) is 162 Å². The van der Waals surface area contributed by atoms with Crippen LogP contribution in [0.4, 0.5) is 0 Å². The number of nitrogens with zero attached hydrogens (tertiary/aromatic N) is 1. The van der Waals surface area contributed by atoms with Crippen LogP contribution in [0.3, 0.4) is 0 Å². The maximum Gasteiger partial charge on any atom is 0.433 e. The van der Waals surface area contributed by atoms with E-state index in [1.165, 1.54) is 128 Å². The Labute approximate surface area is 226 Å². The zero-order chi connectivity index (χ0) is 27.0. The van der Waals surface area contributed by atoms with Crippen molar-refractivity contribution in [3.05, 3.63) is 12.3 Å². The fourth-order valence-corrected chi connectivity index (χ4v) is 6.89. The van der Waals surface area contributed by atoms with E-state index in [2.05, 4.69) is 6.92 Å². The molecule has 0 rings (SSSR count). The molecule has 0 aromatic heterocycles. The van der Waals surface area contributed by atoms with Crippen LogP contribution in [-0.2, 0) is 9.09 Å². The average Bonchev–Trinajstić information content (AvgIpc) is 2.82. The van der Waals surface area contributed by atoms with Gasteiger partial charge < -0.3 is 13.9 Å². The van der Waals surface area contributed by atoms with Crippen molar-refractivity contribution < 1.29 is 18.5 Å². The van der Waals surface area contributed by atoms with Crippen molar-refractivity contribution >= 4 is 7.60 Å². The van der Waals surface area contributed by atoms with E-state index in [4.69, 9.17) is 4.52 Å². The molecule has 4 nitrogen and oxygen atoms in total. The molecule has 0 bridgehead atoms. The Kier molecular flexibility index (Phi) is 23.6. The number of hydrogen-bond acceptors (Lipinski definition) is 2. The molecule has 5 heteroatoms. The van der Waals surface area contributed by atoms with Gasteiger partial charge in [0.05, 0.1) is 27.4 Å². The van der Waals surface area contributed by atoms with E-state index in [1.807, 2.05) is 34.1 Å². The van der Waals surface area contributed by atoms with Gasteiger partial charge in [0.15, 0.2) is 0 Å². The van der Waals surface area contributed by atoms with Crippen LogP contribution in [0.2, 0.25) is 0 Å². The van der Waals surface area contributed by atoms with E-state index >= 15 is 0 Å². The van der Waals surface area contributed by atoms with Gasteiger partial charge in [-0.1, -0.05) is 136 Å². The highest BCUT2D eigenvalue weighted by molar-refractivity contribution is 7.53. The molecular formula is C31H65NO3P+. The van der Waals surface area contributed by atoms with Crippen LogP contribution in [-0.4, -0.2) is 36.3 Å². The second-order valence-electron chi connectivity index (χ2n) is 11.9. The largest absolute Gasteiger partial charge is 0.433 e. The predicted octanol–water partition coefficient (Wildman–Crippen LogP) is 10.7. The van der Waals surface area contributed by atoms with Crippen molar-refractivity contribution in [3.8, 4) is 0 Å². The van der Waals surface area contributed by atoms with Gasteiger partial charge in [0.2, 0.25) is 5.78 Å². The third-order valence-electron chi connectivity index (χ3n) is 7.35. The standard InChI is InChI=1S/C31H64NO3P/c1-6-8-9-10-11-12-13-14-15-16-17-18-19-20-21-22-23-24-25-26-27-28-30-35-36(33,34)31(29-7-2)32(3,4)5/h28,30-31H,6-27,29H2,1-5H3/p+1. The van der Waals surface area contributed by atoms with Gasteiger partial charge in [-0.05, 0) is 25.3 Å². The van der Waals surface area contributed by atoms with Gasteiger partial charge in [-0.3, -0.25) is 0 Å². The van der Waals surface area contributed by atoms with E-state index < -0.39 is 7.60 Å². The summed E-state index contributed by atoms with van der Waals surface area (Å²) >= 11 is 0. The fraction of sp³-hybridized carbons (Fsp3) is 0.935. The number of quaternary nitrogens is 1. The van der Waals surface area contributed by atoms with Gasteiger partial charge in [0.25, 0.3) is 0 Å². The predicted molar refractivity (Wildman–Crippen MR) is 159 cm³/mol. The zero-order valence-electron chi connectivity index (χ0n) is 25.2. The molecule has 0 saturated carbocycles. The number of allylic oxidation sites excluding steroid dienone is 1. The number of rotatable bonds is 27. The molecule has 0 fully saturated rings. The molecule has 0 aliphatic heterocycles. The molecular weight excluding hydrogens is 465 g/mol. The normalized spacial score (nSPS) is 14.8. The van der Waals surface area contributed by atoms with Crippen molar-refractivity contribution in [1.82, 2.24) is 0 Å². The molecule has 0 aromatic carbocycles. The van der Waals surface area contributed by atoms with Gasteiger partial charge in [-0.2, -0.15) is 0 Å². The zero-order valence-corrected chi connectivity index (χ0v) is 26.0. The highest BCUT2D eigenvalue weighted by atomic mass is 31.2. The molecule has 2 atom stereocenters. The SMILES string of the molecule is CCCCCCCCCCCCCCCCCCCCCCC=COP(=O)(O)C(CCC)[N+](C)(C)C. The maximum absolute atomic E-state index is 12.6. The molecule has 0 aliphatic carbocycles. The van der Waals surface area contributed by atoms with Gasteiger partial charge in [-0.15, -0.1) is 0 Å². The lowest BCUT2D eigenvalue weighted by atomic mass is 10.0. The van der Waals surface area contributed by atoms with Crippen molar-refractivity contribution in [3.63, 3.8) is 0 Å². The van der Waals surface area contributed by atoms with E-state index in [-0.39, 0.29) is 5.78 Å². The topological polar surface area (TPSA) is 46.5 Å². The summed E-state index contributed by atoms with van der Waals surface area (Å²) < 4.78 is 18.4. The monoisotopic (exact) mass is 530 g/mol. The summed E-state index contributed by atoms with van der Waals surface area (Å²) in [5.74, 6) is -0.383. The molecule has 36 heavy (non-hydrogen) atoms. The number of unbranched alkanes of at least 4 members (excludes halogenated alkanes) is 20. The van der Waals surface area contributed by atoms with Crippen molar-refractivity contribution in [2.24, 2.45) is 0 Å². The second kappa shape index (κ2) is 23.8. The van der Waals surface area contributed by atoms with Crippen LogP contribution in [0, 0.1) is 0 Å². The Bertz CT molecular complexity index is 544. The van der Waals surface area contributed by atoms with E-state index in [1.54, 1.807) is 0 Å². The van der Waals surface area contributed by atoms with Crippen LogP contribution < -0.4 is 0 Å². The summed E-state index contributed by atoms with van der Waals surface area (Å²) in [6, 6.07) is 0. The van der Waals surface area contributed by atoms with Crippen molar-refractivity contribution in [2.75, 3.05) is 21.1 Å². The minimum absolute atomic E-state index is 0.383. The third-order valence-corrected chi connectivity index (χ3v) is 9.48. The van der Waals surface area contributed by atoms with Gasteiger partial charge in [0, 0.05) is 6.42 Å². The minimum Gasteiger partial charge on any atom is -0.429 e. The third kappa shape index (κ3) is 21.7. The molecule has 1 N–H and O–H groups in total. The smallest absolute Gasteiger partial charge is 0.429 e. The lowest BCUT2D eigenvalue weighted by molar-refractivity contribution is -0.883. The molecule has 0 heterocycles. The molecule has 0 radical (unpaired) electrons. The summed E-state index contributed by atoms with van der Waals surface area (Å²) in [5, 5.41) is 0. The Morgan fingerprint density at radius 1 is 0.639 bits per heavy atom. The quantitative estimate of drug-likeness (QED) is 0.0497. The van der Waals surface area contributed by atoms with E-state index in [9.17, 15) is 9.46 Å². The van der Waals surface area contributed by atoms with Gasteiger partial charge >= 0.3 is 7.60 Å². The van der Waals surface area contributed by atoms with Gasteiger partial charge in [-0.25, -0.2) is 4.57 Å². The first-order chi connectivity index (χ1) is 17.3. The van der Waals surface area contributed by atoms with Gasteiger partial charge in [0.1, 0.15) is 0 Å². The first kappa shape index (κ1) is 35.7. The summed E-state index contributed by atoms with van der Waals surface area (Å²) in [4.78, 5) is 10.4. The van der Waals surface area contributed by atoms with Crippen LogP contribution in [0.5, 0.6) is 0 Å². The Balaban J connectivity index is 3.46. The lowest BCUT2D eigenvalue weighted by Crippen LogP contribution is -2.44. The first-order valence-electron chi connectivity index (χ1n) is 15.7. The van der Waals surface area contributed by atoms with Crippen LogP contribution in [0.15, 0.2) is 12.3 Å². The molecule has 0 saturated heterocycles. The van der Waals surface area contributed by atoms with Crippen molar-refractivity contribution in [2.45, 2.75) is 167 Å². The number of hydrogen-bond donors (Lipinski definition) is 1. The van der Waals surface area contributed by atoms with Crippen LogP contribution in [0.25, 0.3) is 0 Å². The highest BCUT2D eigenvalue weighted by Gasteiger charge is 2.42. The summed E-state index contributed by atoms with van der Waals surface area (Å²) in [7, 11) is 2.21. The molecule has 2 unspecified atom stereocenters. The molecule has 0 amide bonds. The molecule has 0 spiro atoms. The Morgan fingerprint density at radius 3 is 1.33 bits per heavy atom. The first-order valence-corrected chi connectivity index (χ1v) is 17.4.